The Morgan fingerprint density at radius 3 is 2.94 bits per heavy atom. The quantitative estimate of drug-likeness (QED) is 0.400. The van der Waals surface area contributed by atoms with Crippen molar-refractivity contribution in [1.82, 2.24) is 4.90 Å². The summed E-state index contributed by atoms with van der Waals surface area (Å²) in [5.41, 5.74) is 11.2. The van der Waals surface area contributed by atoms with Gasteiger partial charge in [0.2, 0.25) is 5.91 Å². The lowest BCUT2D eigenvalue weighted by Gasteiger charge is -2.25. The molecule has 2 unspecified atom stereocenters. The first kappa shape index (κ1) is 13.5. The molecular formula is C10H21BN3O2. The van der Waals surface area contributed by atoms with Crippen LogP contribution < -0.4 is 11.5 Å². The Kier molecular flexibility index (Phi) is 5.80. The van der Waals surface area contributed by atoms with Gasteiger partial charge in [0.25, 0.3) is 0 Å². The number of nitrogens with two attached hydrogens (primary N) is 2. The third kappa shape index (κ3) is 3.47. The largest absolute Gasteiger partial charge is 0.452 e. The van der Waals surface area contributed by atoms with Crippen LogP contribution in [0.4, 0.5) is 0 Å². The predicted octanol–water partition coefficient (Wildman–Crippen LogP) is -0.997. The van der Waals surface area contributed by atoms with Crippen molar-refractivity contribution < 1.29 is 9.82 Å². The van der Waals surface area contributed by atoms with Crippen LogP contribution in [-0.4, -0.2) is 48.4 Å². The maximum atomic E-state index is 11.9. The summed E-state index contributed by atoms with van der Waals surface area (Å²) in [5, 5.41) is 9.01. The summed E-state index contributed by atoms with van der Waals surface area (Å²) in [7, 11) is 1.09. The maximum absolute atomic E-state index is 11.9. The van der Waals surface area contributed by atoms with Gasteiger partial charge in [-0.3, -0.25) is 4.79 Å². The molecule has 0 spiro atoms. The molecule has 6 heteroatoms. The van der Waals surface area contributed by atoms with Gasteiger partial charge in [-0.1, -0.05) is 6.42 Å². The van der Waals surface area contributed by atoms with E-state index in [0.717, 1.165) is 33.2 Å². The van der Waals surface area contributed by atoms with Gasteiger partial charge in [0.05, 0.1) is 6.04 Å². The molecule has 5 N–H and O–H groups in total. The van der Waals surface area contributed by atoms with E-state index >= 15 is 0 Å². The van der Waals surface area contributed by atoms with E-state index in [1.54, 1.807) is 4.90 Å². The Bertz CT molecular complexity index is 228. The number of nitrogens with zero attached hydrogens (tertiary/aromatic N) is 1. The molecule has 2 atom stereocenters. The maximum Gasteiger partial charge on any atom is 0.312 e. The van der Waals surface area contributed by atoms with Crippen LogP contribution in [0.25, 0.3) is 0 Å². The summed E-state index contributed by atoms with van der Waals surface area (Å²) in [6, 6.07) is -0.452. The molecule has 0 aromatic rings. The summed E-state index contributed by atoms with van der Waals surface area (Å²) in [5.74, 6) is -0.196. The number of rotatable bonds is 6. The highest BCUT2D eigenvalue weighted by Crippen LogP contribution is 2.17. The highest BCUT2D eigenvalue weighted by Gasteiger charge is 2.31. The molecule has 1 aliphatic rings. The van der Waals surface area contributed by atoms with E-state index in [-0.39, 0.29) is 11.8 Å². The number of carbonyl (C=O) groups is 1. The summed E-state index contributed by atoms with van der Waals surface area (Å²) in [6.07, 6.45) is 4.21. The highest BCUT2D eigenvalue weighted by atomic mass is 16.2. The first-order chi connectivity index (χ1) is 7.70. The lowest BCUT2D eigenvalue weighted by molar-refractivity contribution is -0.132. The Hall–Kier alpha value is -0.585. The fraction of sp³-hybridized carbons (Fsp3) is 0.900. The standard InChI is InChI=1S/C10H21BN3O2/c12-6-2-1-4-8(13)10(15)14-7-3-5-9(14)11-16/h8-9,16H,1-7,12-13H2. The molecule has 1 radical (unpaired) electrons. The van der Waals surface area contributed by atoms with Crippen molar-refractivity contribution in [2.24, 2.45) is 11.5 Å². The fourth-order valence-corrected chi connectivity index (χ4v) is 2.07. The number of amides is 1. The van der Waals surface area contributed by atoms with Crippen LogP contribution in [0.1, 0.15) is 32.1 Å². The van der Waals surface area contributed by atoms with Gasteiger partial charge in [-0.2, -0.15) is 0 Å². The van der Waals surface area contributed by atoms with Crippen molar-refractivity contribution in [3.05, 3.63) is 0 Å². The molecule has 1 amide bonds. The second kappa shape index (κ2) is 6.88. The van der Waals surface area contributed by atoms with E-state index in [1.165, 1.54) is 0 Å². The smallest absolute Gasteiger partial charge is 0.312 e. The molecule has 0 bridgehead atoms. The molecule has 1 saturated heterocycles. The summed E-state index contributed by atoms with van der Waals surface area (Å²) in [6.45, 7) is 1.34. The molecule has 5 nitrogen and oxygen atoms in total. The molecule has 1 fully saturated rings. The number of hydrogen-bond acceptors (Lipinski definition) is 4. The van der Waals surface area contributed by atoms with E-state index in [9.17, 15) is 4.79 Å². The molecule has 91 valence electrons. The second-order valence-corrected chi connectivity index (χ2v) is 4.28. The second-order valence-electron chi connectivity index (χ2n) is 4.28. The summed E-state index contributed by atoms with van der Waals surface area (Å²) < 4.78 is 0. The van der Waals surface area contributed by atoms with Crippen LogP contribution in [0.5, 0.6) is 0 Å². The minimum atomic E-state index is -0.452. The predicted molar refractivity (Wildman–Crippen MR) is 63.6 cm³/mol. The van der Waals surface area contributed by atoms with Gasteiger partial charge in [0.1, 0.15) is 0 Å². The number of unbranched alkanes of at least 4 members (excludes halogenated alkanes) is 1. The van der Waals surface area contributed by atoms with E-state index in [4.69, 9.17) is 16.5 Å². The third-order valence-electron chi connectivity index (χ3n) is 3.04. The van der Waals surface area contributed by atoms with Crippen molar-refractivity contribution >= 4 is 13.4 Å². The van der Waals surface area contributed by atoms with Gasteiger partial charge in [-0.25, -0.2) is 0 Å². The van der Waals surface area contributed by atoms with Crippen LogP contribution in [0.15, 0.2) is 0 Å². The Balaban J connectivity index is 2.37. The zero-order valence-electron chi connectivity index (χ0n) is 9.64. The average Bonchev–Trinajstić information content (AvgIpc) is 2.76. The van der Waals surface area contributed by atoms with Gasteiger partial charge in [0.15, 0.2) is 0 Å². The van der Waals surface area contributed by atoms with E-state index in [1.807, 2.05) is 0 Å². The average molecular weight is 226 g/mol. The number of hydrogen-bond donors (Lipinski definition) is 3. The van der Waals surface area contributed by atoms with E-state index < -0.39 is 6.04 Å². The zero-order valence-corrected chi connectivity index (χ0v) is 9.64. The summed E-state index contributed by atoms with van der Waals surface area (Å²) in [4.78, 5) is 13.6. The zero-order chi connectivity index (χ0) is 12.0. The summed E-state index contributed by atoms with van der Waals surface area (Å²) >= 11 is 0. The molecule has 16 heavy (non-hydrogen) atoms. The van der Waals surface area contributed by atoms with Gasteiger partial charge in [0, 0.05) is 12.5 Å². The molecule has 1 aliphatic heterocycles. The van der Waals surface area contributed by atoms with Gasteiger partial charge < -0.3 is 21.4 Å². The van der Waals surface area contributed by atoms with E-state index in [0.29, 0.717) is 19.5 Å². The number of likely N-dealkylation sites (tertiary alicyclic amines) is 1. The molecular weight excluding hydrogens is 205 g/mol. The van der Waals surface area contributed by atoms with Crippen LogP contribution in [0.2, 0.25) is 0 Å². The fourth-order valence-electron chi connectivity index (χ4n) is 2.07. The highest BCUT2D eigenvalue weighted by molar-refractivity contribution is 6.28. The Morgan fingerprint density at radius 1 is 1.56 bits per heavy atom. The van der Waals surface area contributed by atoms with Crippen LogP contribution >= 0.6 is 0 Å². The number of carbonyl (C=O) groups excluding carboxylic acids is 1. The monoisotopic (exact) mass is 226 g/mol. The van der Waals surface area contributed by atoms with E-state index in [2.05, 4.69) is 0 Å². The lowest BCUT2D eigenvalue weighted by Crippen LogP contribution is -2.47. The Labute approximate surface area is 97.4 Å². The first-order valence-corrected chi connectivity index (χ1v) is 5.94. The van der Waals surface area contributed by atoms with Crippen molar-refractivity contribution in [2.45, 2.75) is 44.1 Å². The van der Waals surface area contributed by atoms with Crippen molar-refractivity contribution in [2.75, 3.05) is 13.1 Å². The molecule has 1 rings (SSSR count). The third-order valence-corrected chi connectivity index (χ3v) is 3.04. The van der Waals surface area contributed by atoms with Gasteiger partial charge in [-0.15, -0.1) is 0 Å². The lowest BCUT2D eigenvalue weighted by atomic mass is 9.86. The van der Waals surface area contributed by atoms with Crippen molar-refractivity contribution in [1.29, 1.82) is 0 Å². The van der Waals surface area contributed by atoms with Crippen LogP contribution in [0.3, 0.4) is 0 Å². The topological polar surface area (TPSA) is 92.6 Å². The van der Waals surface area contributed by atoms with Crippen LogP contribution in [-0.2, 0) is 4.79 Å². The minimum absolute atomic E-state index is 0.0511. The van der Waals surface area contributed by atoms with Gasteiger partial charge in [-0.05, 0) is 32.2 Å². The molecule has 0 aliphatic carbocycles. The molecule has 0 aromatic carbocycles. The van der Waals surface area contributed by atoms with Crippen molar-refractivity contribution in [3.63, 3.8) is 0 Å². The molecule has 0 aromatic heterocycles. The van der Waals surface area contributed by atoms with Gasteiger partial charge >= 0.3 is 7.48 Å². The Morgan fingerprint density at radius 2 is 2.31 bits per heavy atom. The SMILES string of the molecule is NCCCCC(N)C(=O)N1CCCC1[B]O. The first-order valence-electron chi connectivity index (χ1n) is 5.94. The molecule has 0 saturated carbocycles. The normalized spacial score (nSPS) is 22.2. The molecule has 1 heterocycles. The van der Waals surface area contributed by atoms with Crippen LogP contribution in [0, 0.1) is 0 Å². The van der Waals surface area contributed by atoms with Crippen molar-refractivity contribution in [3.8, 4) is 0 Å². The minimum Gasteiger partial charge on any atom is -0.452 e.